The normalized spacial score (nSPS) is 29.4. The summed E-state index contributed by atoms with van der Waals surface area (Å²) >= 11 is 0. The van der Waals surface area contributed by atoms with Crippen molar-refractivity contribution in [2.75, 3.05) is 13.1 Å². The van der Waals surface area contributed by atoms with Gasteiger partial charge in [0.1, 0.15) is 0 Å². The minimum Gasteiger partial charge on any atom is -0.374 e. The first kappa shape index (κ1) is 11.9. The van der Waals surface area contributed by atoms with Gasteiger partial charge in [0.15, 0.2) is 0 Å². The van der Waals surface area contributed by atoms with Gasteiger partial charge in [-0.2, -0.15) is 0 Å². The Kier molecular flexibility index (Phi) is 3.88. The van der Waals surface area contributed by atoms with Crippen LogP contribution < -0.4 is 10.5 Å². The van der Waals surface area contributed by atoms with Crippen LogP contribution in [0.2, 0.25) is 0 Å². The van der Waals surface area contributed by atoms with Crippen molar-refractivity contribution in [2.45, 2.75) is 37.7 Å². The molecular formula is C8H18N2O3S. The minimum atomic E-state index is -3.44. The van der Waals surface area contributed by atoms with E-state index >= 15 is 0 Å². The lowest BCUT2D eigenvalue weighted by molar-refractivity contribution is -0.00354. The zero-order chi connectivity index (χ0) is 10.8. The molecule has 0 aromatic carbocycles. The second kappa shape index (κ2) is 4.57. The number of nitrogens with two attached hydrogens (primary N) is 1. The maximum absolute atomic E-state index is 11.1. The number of sulfonamides is 1. The molecule has 3 N–H and O–H groups in total. The van der Waals surface area contributed by atoms with E-state index in [2.05, 4.69) is 5.32 Å². The summed E-state index contributed by atoms with van der Waals surface area (Å²) < 4.78 is 27.7. The summed E-state index contributed by atoms with van der Waals surface area (Å²) in [7, 11) is -3.44. The minimum absolute atomic E-state index is 0.0490. The number of nitrogens with one attached hydrogen (secondary N) is 1. The van der Waals surface area contributed by atoms with E-state index in [1.165, 1.54) is 0 Å². The molecule has 0 spiro atoms. The average Bonchev–Trinajstić information content (AvgIpc) is 2.01. The largest absolute Gasteiger partial charge is 0.374 e. The molecule has 1 unspecified atom stereocenters. The molecule has 5 nitrogen and oxygen atoms in total. The van der Waals surface area contributed by atoms with Crippen LogP contribution >= 0.6 is 0 Å². The maximum Gasteiger partial charge on any atom is 0.213 e. The number of hydrogen-bond acceptors (Lipinski definition) is 4. The van der Waals surface area contributed by atoms with Gasteiger partial charge < -0.3 is 10.1 Å². The van der Waals surface area contributed by atoms with Crippen molar-refractivity contribution in [3.63, 3.8) is 0 Å². The number of rotatable bonds is 3. The molecule has 1 rings (SSSR count). The second-order valence-electron chi connectivity index (χ2n) is 3.91. The number of ether oxygens (including phenoxy) is 1. The number of primary sulfonamides is 1. The molecule has 1 saturated heterocycles. The Morgan fingerprint density at radius 2 is 2.07 bits per heavy atom. The molecule has 1 fully saturated rings. The summed E-state index contributed by atoms with van der Waals surface area (Å²) in [4.78, 5) is 0. The monoisotopic (exact) mass is 222 g/mol. The predicted octanol–water partition coefficient (Wildman–Crippen LogP) is -0.570. The molecule has 1 aliphatic heterocycles. The van der Waals surface area contributed by atoms with Crippen molar-refractivity contribution in [3.8, 4) is 0 Å². The van der Waals surface area contributed by atoms with E-state index in [9.17, 15) is 8.42 Å². The summed E-state index contributed by atoms with van der Waals surface area (Å²) in [5.41, 5.74) is 0. The smallest absolute Gasteiger partial charge is 0.213 e. The summed E-state index contributed by atoms with van der Waals surface area (Å²) in [6, 6.07) is 0. The number of hydrogen-bond donors (Lipinski definition) is 2. The molecule has 0 saturated carbocycles. The Bertz CT molecular complexity index is 276. The van der Waals surface area contributed by atoms with E-state index in [1.807, 2.05) is 13.8 Å². The molecular weight excluding hydrogens is 204 g/mol. The van der Waals surface area contributed by atoms with Crippen LogP contribution in [0, 0.1) is 0 Å². The highest BCUT2D eigenvalue weighted by Crippen LogP contribution is 2.13. The van der Waals surface area contributed by atoms with E-state index in [4.69, 9.17) is 9.88 Å². The van der Waals surface area contributed by atoms with Crippen LogP contribution in [-0.4, -0.2) is 39.0 Å². The summed E-state index contributed by atoms with van der Waals surface area (Å²) in [5.74, 6) is 0. The van der Waals surface area contributed by atoms with Crippen LogP contribution in [0.25, 0.3) is 0 Å². The van der Waals surface area contributed by atoms with Crippen LogP contribution in [0.5, 0.6) is 0 Å². The molecule has 1 heterocycles. The Morgan fingerprint density at radius 3 is 2.57 bits per heavy atom. The first-order valence-electron chi connectivity index (χ1n) is 4.77. The molecule has 0 radical (unpaired) electrons. The van der Waals surface area contributed by atoms with Gasteiger partial charge in [0.2, 0.25) is 10.0 Å². The third-order valence-electron chi connectivity index (χ3n) is 2.20. The van der Waals surface area contributed by atoms with E-state index in [-0.39, 0.29) is 12.2 Å². The maximum atomic E-state index is 11.1. The first-order valence-corrected chi connectivity index (χ1v) is 6.38. The van der Waals surface area contributed by atoms with Gasteiger partial charge in [0.25, 0.3) is 0 Å². The first-order chi connectivity index (χ1) is 6.39. The summed E-state index contributed by atoms with van der Waals surface area (Å²) in [6.45, 7) is 4.99. The predicted molar refractivity (Wildman–Crippen MR) is 54.4 cm³/mol. The van der Waals surface area contributed by atoms with Crippen molar-refractivity contribution in [1.82, 2.24) is 5.32 Å². The van der Waals surface area contributed by atoms with Crippen LogP contribution in [0.15, 0.2) is 0 Å². The molecule has 1 aliphatic rings. The fraction of sp³-hybridized carbons (Fsp3) is 1.00. The lowest BCUT2D eigenvalue weighted by Crippen LogP contribution is -2.49. The lowest BCUT2D eigenvalue weighted by Gasteiger charge is -2.29. The quantitative estimate of drug-likeness (QED) is 0.670. The zero-order valence-corrected chi connectivity index (χ0v) is 9.38. The van der Waals surface area contributed by atoms with E-state index in [0.717, 1.165) is 0 Å². The van der Waals surface area contributed by atoms with Gasteiger partial charge in [-0.1, -0.05) is 0 Å². The van der Waals surface area contributed by atoms with Crippen LogP contribution in [0.1, 0.15) is 20.3 Å². The lowest BCUT2D eigenvalue weighted by atomic mass is 10.1. The van der Waals surface area contributed by atoms with E-state index in [0.29, 0.717) is 19.5 Å². The molecule has 14 heavy (non-hydrogen) atoms. The van der Waals surface area contributed by atoms with Gasteiger partial charge in [-0.25, -0.2) is 13.6 Å². The Morgan fingerprint density at radius 1 is 1.43 bits per heavy atom. The van der Waals surface area contributed by atoms with Crippen molar-refractivity contribution in [1.29, 1.82) is 0 Å². The van der Waals surface area contributed by atoms with Gasteiger partial charge in [0, 0.05) is 13.1 Å². The Labute approximate surface area is 85.1 Å². The second-order valence-corrected chi connectivity index (χ2v) is 5.76. The molecule has 0 aromatic rings. The van der Waals surface area contributed by atoms with Gasteiger partial charge in [-0.15, -0.1) is 0 Å². The van der Waals surface area contributed by atoms with Gasteiger partial charge >= 0.3 is 0 Å². The third-order valence-corrected chi connectivity index (χ3v) is 3.49. The topological polar surface area (TPSA) is 81.4 Å². The average molecular weight is 222 g/mol. The van der Waals surface area contributed by atoms with Gasteiger partial charge in [-0.3, -0.25) is 0 Å². The van der Waals surface area contributed by atoms with E-state index in [1.54, 1.807) is 0 Å². The highest BCUT2D eigenvalue weighted by atomic mass is 32.2. The van der Waals surface area contributed by atoms with Crippen molar-refractivity contribution < 1.29 is 13.2 Å². The molecule has 0 aromatic heterocycles. The Hall–Kier alpha value is -0.170. The highest BCUT2D eigenvalue weighted by molar-refractivity contribution is 7.89. The van der Waals surface area contributed by atoms with Crippen molar-refractivity contribution >= 4 is 10.0 Å². The zero-order valence-electron chi connectivity index (χ0n) is 8.56. The molecule has 0 bridgehead atoms. The Balaban J connectivity index is 2.52. The summed E-state index contributed by atoms with van der Waals surface area (Å²) in [6.07, 6.45) is 0.553. The number of piperidine rings is 1. The van der Waals surface area contributed by atoms with E-state index < -0.39 is 15.3 Å². The fourth-order valence-electron chi connectivity index (χ4n) is 1.60. The van der Waals surface area contributed by atoms with Crippen molar-refractivity contribution in [3.05, 3.63) is 0 Å². The third kappa shape index (κ3) is 3.53. The van der Waals surface area contributed by atoms with Crippen LogP contribution in [0.4, 0.5) is 0 Å². The summed E-state index contributed by atoms with van der Waals surface area (Å²) in [5, 5.41) is 7.58. The molecule has 84 valence electrons. The molecule has 2 atom stereocenters. The fourth-order valence-corrected chi connectivity index (χ4v) is 2.44. The standard InChI is InChI=1S/C8H18N2O3S/c1-6(2)13-7-3-8(5-10-4-7)14(9,11)12/h6-8,10H,3-5H2,1-2H3,(H2,9,11,12)/t7-,8?/m0/s1. The molecule has 0 aliphatic carbocycles. The SMILES string of the molecule is CC(C)O[C@@H]1CNCC(S(N)(=O)=O)C1. The van der Waals surface area contributed by atoms with Crippen LogP contribution in [-0.2, 0) is 14.8 Å². The van der Waals surface area contributed by atoms with Gasteiger partial charge in [0.05, 0.1) is 17.5 Å². The van der Waals surface area contributed by atoms with Gasteiger partial charge in [-0.05, 0) is 20.3 Å². The van der Waals surface area contributed by atoms with Crippen LogP contribution in [0.3, 0.4) is 0 Å². The van der Waals surface area contributed by atoms with Crippen molar-refractivity contribution in [2.24, 2.45) is 5.14 Å². The molecule has 0 amide bonds. The molecule has 6 heteroatoms. The highest BCUT2D eigenvalue weighted by Gasteiger charge is 2.29.